The minimum Gasteiger partial charge on any atom is -0.480 e. The van der Waals surface area contributed by atoms with E-state index in [2.05, 4.69) is 0 Å². The largest absolute Gasteiger partial charge is 0.480 e. The molecule has 6 nitrogen and oxygen atoms in total. The highest BCUT2D eigenvalue weighted by molar-refractivity contribution is 7.52. The van der Waals surface area contributed by atoms with Crippen LogP contribution in [0, 0.1) is 0 Å². The van der Waals surface area contributed by atoms with Gasteiger partial charge in [0.1, 0.15) is 6.04 Å². The van der Waals surface area contributed by atoms with Gasteiger partial charge in [-0.15, -0.1) is 0 Å². The predicted octanol–water partition coefficient (Wildman–Crippen LogP) is -0.738. The van der Waals surface area contributed by atoms with E-state index in [1.807, 2.05) is 0 Å². The first kappa shape index (κ1) is 11.5. The van der Waals surface area contributed by atoms with Gasteiger partial charge in [-0.1, -0.05) is 0 Å². The van der Waals surface area contributed by atoms with Gasteiger partial charge in [0, 0.05) is 6.42 Å². The Kier molecular flexibility index (Phi) is 3.79. The molecule has 0 bridgehead atoms. The molecule has 12 heavy (non-hydrogen) atoms. The van der Waals surface area contributed by atoms with Crippen molar-refractivity contribution in [2.45, 2.75) is 18.4 Å². The smallest absolute Gasteiger partial charge is 0.359 e. The number of hydrogen-bond donors (Lipinski definition) is 4. The summed E-state index contributed by atoms with van der Waals surface area (Å²) in [6, 6.07) is -1.59. The average molecular weight is 201 g/mol. The third-order valence-electron chi connectivity index (χ3n) is 1.13. The molecule has 1 unspecified atom stereocenters. The highest BCUT2D eigenvalue weighted by Crippen LogP contribution is 2.43. The number of alkyl halides is 1. The molecule has 0 spiro atoms. The van der Waals surface area contributed by atoms with Crippen molar-refractivity contribution in [3.8, 4) is 0 Å². The maximum atomic E-state index is 12.4. The van der Waals surface area contributed by atoms with Crippen LogP contribution in [-0.2, 0) is 9.36 Å². The van der Waals surface area contributed by atoms with Crippen LogP contribution in [0.25, 0.3) is 0 Å². The normalized spacial score (nSPS) is 17.0. The van der Waals surface area contributed by atoms with Crippen LogP contribution >= 0.6 is 7.60 Å². The first-order chi connectivity index (χ1) is 5.25. The first-order valence-electron chi connectivity index (χ1n) is 2.93. The Morgan fingerprint density at radius 2 is 2.00 bits per heavy atom. The quantitative estimate of drug-likeness (QED) is 0.444. The molecule has 0 saturated carbocycles. The van der Waals surface area contributed by atoms with E-state index in [-0.39, 0.29) is 0 Å². The molecule has 0 amide bonds. The molecule has 0 fully saturated rings. The number of nitrogens with two attached hydrogens (primary N) is 1. The summed E-state index contributed by atoms with van der Waals surface area (Å²) in [6.07, 6.45) is -0.889. The molecule has 0 aliphatic rings. The van der Waals surface area contributed by atoms with Crippen LogP contribution in [0.5, 0.6) is 0 Å². The molecule has 2 atom stereocenters. The van der Waals surface area contributed by atoms with Gasteiger partial charge < -0.3 is 20.6 Å². The number of carboxylic acid groups (broad SMARTS) is 1. The number of aliphatic carboxylic acids is 1. The van der Waals surface area contributed by atoms with Crippen molar-refractivity contribution in [3.63, 3.8) is 0 Å². The molecular formula is C4H9FNO5P. The van der Waals surface area contributed by atoms with E-state index in [1.54, 1.807) is 0 Å². The highest BCUT2D eigenvalue weighted by atomic mass is 31.2. The lowest BCUT2D eigenvalue weighted by Crippen LogP contribution is -2.32. The van der Waals surface area contributed by atoms with Gasteiger partial charge in [0.05, 0.1) is 0 Å². The third-order valence-corrected chi connectivity index (χ3v) is 2.07. The maximum absolute atomic E-state index is 12.4. The minimum atomic E-state index is -4.86. The van der Waals surface area contributed by atoms with Crippen LogP contribution < -0.4 is 5.73 Å². The van der Waals surface area contributed by atoms with Gasteiger partial charge in [-0.25, -0.2) is 4.39 Å². The number of rotatable bonds is 4. The molecule has 0 aromatic rings. The summed E-state index contributed by atoms with van der Waals surface area (Å²) in [5.41, 5.74) is 4.83. The summed E-state index contributed by atoms with van der Waals surface area (Å²) in [7, 11) is -4.86. The van der Waals surface area contributed by atoms with Crippen molar-refractivity contribution in [1.29, 1.82) is 0 Å². The molecule has 0 rings (SSSR count). The average Bonchev–Trinajstić information content (AvgIpc) is 1.85. The zero-order valence-electron chi connectivity index (χ0n) is 5.92. The molecular weight excluding hydrogens is 192 g/mol. The van der Waals surface area contributed by atoms with Crippen molar-refractivity contribution < 1.29 is 28.6 Å². The summed E-state index contributed by atoms with van der Waals surface area (Å²) in [5, 5.41) is 8.15. The van der Waals surface area contributed by atoms with Crippen molar-refractivity contribution >= 4 is 13.6 Å². The van der Waals surface area contributed by atoms with Crippen LogP contribution in [0.4, 0.5) is 4.39 Å². The monoisotopic (exact) mass is 201 g/mol. The summed E-state index contributed by atoms with van der Waals surface area (Å²) >= 11 is 0. The lowest BCUT2D eigenvalue weighted by atomic mass is 10.2. The molecule has 0 heterocycles. The van der Waals surface area contributed by atoms with Crippen LogP contribution in [0.2, 0.25) is 0 Å². The minimum absolute atomic E-state index is 0.889. The number of carboxylic acids is 1. The summed E-state index contributed by atoms with van der Waals surface area (Å²) < 4.78 is 22.6. The molecule has 8 heteroatoms. The highest BCUT2D eigenvalue weighted by Gasteiger charge is 2.32. The molecule has 0 radical (unpaired) electrons. The predicted molar refractivity (Wildman–Crippen MR) is 37.2 cm³/mol. The van der Waals surface area contributed by atoms with Gasteiger partial charge >= 0.3 is 13.6 Å². The summed E-state index contributed by atoms with van der Waals surface area (Å²) in [4.78, 5) is 26.4. The van der Waals surface area contributed by atoms with Crippen LogP contribution in [0.1, 0.15) is 6.42 Å². The lowest BCUT2D eigenvalue weighted by Gasteiger charge is -2.11. The molecule has 0 saturated heterocycles. The van der Waals surface area contributed by atoms with Crippen molar-refractivity contribution in [2.75, 3.05) is 0 Å². The van der Waals surface area contributed by atoms with E-state index in [9.17, 15) is 13.8 Å². The van der Waals surface area contributed by atoms with Gasteiger partial charge in [0.2, 0.25) is 5.91 Å². The van der Waals surface area contributed by atoms with Crippen molar-refractivity contribution in [2.24, 2.45) is 5.73 Å². The fourth-order valence-corrected chi connectivity index (χ4v) is 0.949. The second-order valence-corrected chi connectivity index (χ2v) is 3.94. The second-order valence-electron chi connectivity index (χ2n) is 2.20. The second kappa shape index (κ2) is 3.95. The number of hydrogen-bond acceptors (Lipinski definition) is 3. The SMILES string of the molecule is N[C@@H](CC(F)P(=O)(O)O)C(=O)O. The van der Waals surface area contributed by atoms with E-state index in [0.717, 1.165) is 0 Å². The topological polar surface area (TPSA) is 121 Å². The first-order valence-corrected chi connectivity index (χ1v) is 4.61. The Labute approximate surface area is 67.3 Å². The molecule has 0 aromatic carbocycles. The Bertz CT molecular complexity index is 215. The van der Waals surface area contributed by atoms with Gasteiger partial charge in [0.25, 0.3) is 0 Å². The van der Waals surface area contributed by atoms with E-state index in [4.69, 9.17) is 20.6 Å². The van der Waals surface area contributed by atoms with Gasteiger partial charge in [0.15, 0.2) is 0 Å². The maximum Gasteiger partial charge on any atom is 0.359 e. The fourth-order valence-electron chi connectivity index (χ4n) is 0.448. The fraction of sp³-hybridized carbons (Fsp3) is 0.750. The third kappa shape index (κ3) is 3.77. The van der Waals surface area contributed by atoms with Gasteiger partial charge in [-0.3, -0.25) is 9.36 Å². The Morgan fingerprint density at radius 3 is 2.25 bits per heavy atom. The van der Waals surface area contributed by atoms with Crippen molar-refractivity contribution in [1.82, 2.24) is 0 Å². The Balaban J connectivity index is 4.11. The Morgan fingerprint density at radius 1 is 1.58 bits per heavy atom. The number of carbonyl (C=O) groups is 1. The molecule has 0 aliphatic carbocycles. The zero-order chi connectivity index (χ0) is 9.94. The van der Waals surface area contributed by atoms with E-state index >= 15 is 0 Å². The molecule has 5 N–H and O–H groups in total. The lowest BCUT2D eigenvalue weighted by molar-refractivity contribution is -0.138. The molecule has 0 aromatic heterocycles. The zero-order valence-corrected chi connectivity index (χ0v) is 6.82. The number of halogens is 1. The molecule has 72 valence electrons. The van der Waals surface area contributed by atoms with Crippen LogP contribution in [-0.4, -0.2) is 32.8 Å². The van der Waals surface area contributed by atoms with Crippen LogP contribution in [0.3, 0.4) is 0 Å². The standard InChI is InChI=1S/C4H9FNO5P/c5-3(12(9,10)11)1-2(6)4(7)8/h2-3H,1,6H2,(H,7,8)(H2,9,10,11)/t2-,3?/m0/s1. The summed E-state index contributed by atoms with van der Waals surface area (Å²) in [5.74, 6) is -4.00. The van der Waals surface area contributed by atoms with Crippen molar-refractivity contribution in [3.05, 3.63) is 0 Å². The van der Waals surface area contributed by atoms with Gasteiger partial charge in [-0.2, -0.15) is 0 Å². The molecule has 0 aliphatic heterocycles. The van der Waals surface area contributed by atoms with E-state index < -0.39 is 31.9 Å². The van der Waals surface area contributed by atoms with Crippen LogP contribution in [0.15, 0.2) is 0 Å². The summed E-state index contributed by atoms with van der Waals surface area (Å²) in [6.45, 7) is 0. The van der Waals surface area contributed by atoms with E-state index in [1.165, 1.54) is 0 Å². The van der Waals surface area contributed by atoms with E-state index in [0.29, 0.717) is 0 Å². The van der Waals surface area contributed by atoms with Gasteiger partial charge in [-0.05, 0) is 0 Å². The Hall–Kier alpha value is -0.490.